The summed E-state index contributed by atoms with van der Waals surface area (Å²) in [6.45, 7) is 2.97. The molecule has 0 spiro atoms. The van der Waals surface area contributed by atoms with Crippen LogP contribution < -0.4 is 5.32 Å². The molecule has 1 N–H and O–H groups in total. The molecule has 5 nitrogen and oxygen atoms in total. The van der Waals surface area contributed by atoms with Gasteiger partial charge in [0.1, 0.15) is 6.10 Å². The molecule has 1 fully saturated rings. The van der Waals surface area contributed by atoms with Crippen molar-refractivity contribution in [2.45, 2.75) is 38.4 Å². The van der Waals surface area contributed by atoms with E-state index in [1.54, 1.807) is 13.1 Å². The lowest BCUT2D eigenvalue weighted by Gasteiger charge is -2.15. The van der Waals surface area contributed by atoms with E-state index in [2.05, 4.69) is 10.3 Å². The van der Waals surface area contributed by atoms with Crippen molar-refractivity contribution in [1.82, 2.24) is 4.98 Å². The summed E-state index contributed by atoms with van der Waals surface area (Å²) in [4.78, 5) is 17.5. The van der Waals surface area contributed by atoms with E-state index in [-0.39, 0.29) is 12.0 Å². The largest absolute Gasteiger partial charge is 0.376 e. The molecule has 0 saturated carbocycles. The van der Waals surface area contributed by atoms with Crippen molar-refractivity contribution in [3.05, 3.63) is 45.9 Å². The van der Waals surface area contributed by atoms with Gasteiger partial charge >= 0.3 is 0 Å². The van der Waals surface area contributed by atoms with E-state index in [1.165, 1.54) is 11.3 Å². The van der Waals surface area contributed by atoms with Gasteiger partial charge in [-0.3, -0.25) is 10.1 Å². The maximum absolute atomic E-state index is 12.2. The number of rotatable bonds is 7. The van der Waals surface area contributed by atoms with Crippen molar-refractivity contribution in [2.75, 3.05) is 18.5 Å². The Morgan fingerprint density at radius 1 is 1.56 bits per heavy atom. The first-order valence-corrected chi connectivity index (χ1v) is 9.53. The number of hydrogen-bond donors (Lipinski definition) is 1. The normalized spacial score (nSPS) is 18.2. The van der Waals surface area contributed by atoms with Crippen LogP contribution in [0.25, 0.3) is 0 Å². The molecule has 0 aliphatic carbocycles. The molecule has 134 valence electrons. The monoisotopic (exact) mass is 380 g/mol. The summed E-state index contributed by atoms with van der Waals surface area (Å²) < 4.78 is 11.1. The number of anilines is 1. The number of carbonyl (C=O) groups is 1. The fourth-order valence-electron chi connectivity index (χ4n) is 2.61. The lowest BCUT2D eigenvalue weighted by molar-refractivity contribution is -0.128. The van der Waals surface area contributed by atoms with Gasteiger partial charge in [-0.1, -0.05) is 23.7 Å². The van der Waals surface area contributed by atoms with Crippen LogP contribution in [0.2, 0.25) is 5.02 Å². The molecule has 7 heteroatoms. The van der Waals surface area contributed by atoms with Crippen LogP contribution >= 0.6 is 22.9 Å². The van der Waals surface area contributed by atoms with E-state index in [0.29, 0.717) is 16.8 Å². The Kier molecular flexibility index (Phi) is 6.42. The van der Waals surface area contributed by atoms with Gasteiger partial charge in [-0.2, -0.15) is 0 Å². The van der Waals surface area contributed by atoms with Crippen molar-refractivity contribution in [3.8, 4) is 0 Å². The molecule has 2 unspecified atom stereocenters. The van der Waals surface area contributed by atoms with Crippen molar-refractivity contribution in [1.29, 1.82) is 0 Å². The van der Waals surface area contributed by atoms with E-state index in [1.807, 2.05) is 24.3 Å². The minimum Gasteiger partial charge on any atom is -0.376 e. The molecule has 1 aliphatic rings. The summed E-state index contributed by atoms with van der Waals surface area (Å²) in [7, 11) is 0. The standard InChI is InChI=1S/C18H21ClN2O3S/c1-12(24-11-15-6-3-7-23-15)17(22)21-18-20-10-16(25-18)9-13-4-2-5-14(19)8-13/h2,4-5,8,10,12,15H,3,6-7,9,11H2,1H3,(H,20,21,22). The number of benzene rings is 1. The number of carbonyl (C=O) groups excluding carboxylic acids is 1. The second-order valence-electron chi connectivity index (χ2n) is 6.04. The summed E-state index contributed by atoms with van der Waals surface area (Å²) >= 11 is 7.46. The van der Waals surface area contributed by atoms with Gasteiger partial charge in [-0.25, -0.2) is 4.98 Å². The minimum atomic E-state index is -0.538. The number of thiazole rings is 1. The van der Waals surface area contributed by atoms with E-state index in [4.69, 9.17) is 21.1 Å². The van der Waals surface area contributed by atoms with Crippen LogP contribution in [0.4, 0.5) is 5.13 Å². The van der Waals surface area contributed by atoms with E-state index < -0.39 is 6.10 Å². The van der Waals surface area contributed by atoms with E-state index in [0.717, 1.165) is 36.3 Å². The van der Waals surface area contributed by atoms with Crippen LogP contribution in [0, 0.1) is 0 Å². The van der Waals surface area contributed by atoms with Gasteiger partial charge in [0, 0.05) is 29.1 Å². The third-order valence-corrected chi connectivity index (χ3v) is 5.12. The Bertz CT molecular complexity index is 716. The maximum Gasteiger partial charge on any atom is 0.254 e. The number of hydrogen-bond acceptors (Lipinski definition) is 5. The average molecular weight is 381 g/mol. The molecule has 2 atom stereocenters. The maximum atomic E-state index is 12.2. The number of aromatic nitrogens is 1. The van der Waals surface area contributed by atoms with Crippen LogP contribution in [0.15, 0.2) is 30.5 Å². The summed E-state index contributed by atoms with van der Waals surface area (Å²) in [5.41, 5.74) is 1.11. The predicted octanol–water partition coefficient (Wildman–Crippen LogP) is 3.91. The molecule has 2 aromatic rings. The molecule has 3 rings (SSSR count). The van der Waals surface area contributed by atoms with Gasteiger partial charge in [0.25, 0.3) is 5.91 Å². The zero-order valence-corrected chi connectivity index (χ0v) is 15.6. The molecule has 0 radical (unpaired) electrons. The molecule has 1 aromatic carbocycles. The summed E-state index contributed by atoms with van der Waals surface area (Å²) in [6.07, 6.45) is 4.14. The van der Waals surface area contributed by atoms with E-state index in [9.17, 15) is 4.79 Å². The third kappa shape index (κ3) is 5.51. The van der Waals surface area contributed by atoms with Gasteiger partial charge in [0.15, 0.2) is 5.13 Å². The molecule has 2 heterocycles. The fraction of sp³-hybridized carbons (Fsp3) is 0.444. The molecular weight excluding hydrogens is 360 g/mol. The first-order chi connectivity index (χ1) is 12.1. The lowest BCUT2D eigenvalue weighted by atomic mass is 10.1. The third-order valence-electron chi connectivity index (χ3n) is 3.98. The second kappa shape index (κ2) is 8.76. The van der Waals surface area contributed by atoms with Crippen LogP contribution in [0.5, 0.6) is 0 Å². The summed E-state index contributed by atoms with van der Waals surface area (Å²) in [6, 6.07) is 7.72. The zero-order valence-electron chi connectivity index (χ0n) is 14.0. The first kappa shape index (κ1) is 18.3. The highest BCUT2D eigenvalue weighted by molar-refractivity contribution is 7.15. The highest BCUT2D eigenvalue weighted by Gasteiger charge is 2.20. The summed E-state index contributed by atoms with van der Waals surface area (Å²) in [5, 5.41) is 4.11. The molecular formula is C18H21ClN2O3S. The van der Waals surface area contributed by atoms with Gasteiger partial charge < -0.3 is 9.47 Å². The highest BCUT2D eigenvalue weighted by Crippen LogP contribution is 2.23. The zero-order chi connectivity index (χ0) is 17.6. The molecule has 0 bridgehead atoms. The molecule has 1 saturated heterocycles. The molecule has 25 heavy (non-hydrogen) atoms. The highest BCUT2D eigenvalue weighted by atomic mass is 35.5. The van der Waals surface area contributed by atoms with Crippen LogP contribution in [0.3, 0.4) is 0 Å². The van der Waals surface area contributed by atoms with Crippen molar-refractivity contribution < 1.29 is 14.3 Å². The SMILES string of the molecule is CC(OCC1CCCO1)C(=O)Nc1ncc(Cc2cccc(Cl)c2)s1. The first-order valence-electron chi connectivity index (χ1n) is 8.33. The number of halogens is 1. The predicted molar refractivity (Wildman–Crippen MR) is 99.4 cm³/mol. The Morgan fingerprint density at radius 2 is 2.44 bits per heavy atom. The Morgan fingerprint density at radius 3 is 3.20 bits per heavy atom. The Hall–Kier alpha value is -1.47. The van der Waals surface area contributed by atoms with Crippen LogP contribution in [0.1, 0.15) is 30.2 Å². The lowest BCUT2D eigenvalue weighted by Crippen LogP contribution is -2.30. The van der Waals surface area contributed by atoms with Gasteiger partial charge in [0.2, 0.25) is 0 Å². The fourth-order valence-corrected chi connectivity index (χ4v) is 3.67. The Balaban J connectivity index is 1.49. The number of ether oxygens (including phenoxy) is 2. The van der Waals surface area contributed by atoms with Crippen LogP contribution in [-0.2, 0) is 20.7 Å². The van der Waals surface area contributed by atoms with Gasteiger partial charge in [-0.15, -0.1) is 11.3 Å². The quantitative estimate of drug-likeness (QED) is 0.791. The second-order valence-corrected chi connectivity index (χ2v) is 7.59. The average Bonchev–Trinajstić information content (AvgIpc) is 3.24. The Labute approximate surface area is 156 Å². The van der Waals surface area contributed by atoms with Gasteiger partial charge in [-0.05, 0) is 37.5 Å². The molecule has 1 aromatic heterocycles. The van der Waals surface area contributed by atoms with E-state index >= 15 is 0 Å². The molecule has 1 aliphatic heterocycles. The van der Waals surface area contributed by atoms with Gasteiger partial charge in [0.05, 0.1) is 12.7 Å². The topological polar surface area (TPSA) is 60.5 Å². The van der Waals surface area contributed by atoms with Crippen molar-refractivity contribution in [3.63, 3.8) is 0 Å². The van der Waals surface area contributed by atoms with Crippen molar-refractivity contribution >= 4 is 34.0 Å². The van der Waals surface area contributed by atoms with Crippen molar-refractivity contribution in [2.24, 2.45) is 0 Å². The number of amides is 1. The minimum absolute atomic E-state index is 0.111. The van der Waals surface area contributed by atoms with Crippen LogP contribution in [-0.4, -0.2) is 36.3 Å². The molecule has 1 amide bonds. The number of nitrogens with one attached hydrogen (secondary N) is 1. The summed E-state index contributed by atoms with van der Waals surface area (Å²) in [5.74, 6) is -0.193. The number of nitrogens with zero attached hydrogens (tertiary/aromatic N) is 1. The smallest absolute Gasteiger partial charge is 0.254 e.